The van der Waals surface area contributed by atoms with E-state index in [1.54, 1.807) is 11.6 Å². The van der Waals surface area contributed by atoms with Crippen molar-refractivity contribution in [1.82, 2.24) is 14.9 Å². The van der Waals surface area contributed by atoms with Gasteiger partial charge >= 0.3 is 5.92 Å². The Hall–Kier alpha value is -2.96. The van der Waals surface area contributed by atoms with Gasteiger partial charge in [-0.25, -0.2) is 4.98 Å². The molecule has 0 aliphatic heterocycles. The maximum Gasteiger partial charge on any atom is 0.349 e. The molecule has 0 fully saturated rings. The number of methoxy groups -OCH3 is 1. The number of halogens is 2. The third-order valence-corrected chi connectivity index (χ3v) is 4.02. The number of aromatic nitrogens is 2. The minimum atomic E-state index is -3.64. The fraction of sp³-hybridized carbons (Fsp3) is 0.222. The van der Waals surface area contributed by atoms with Gasteiger partial charge in [-0.3, -0.25) is 4.79 Å². The van der Waals surface area contributed by atoms with Crippen molar-refractivity contribution in [2.24, 2.45) is 7.05 Å². The number of imidazole rings is 1. The van der Waals surface area contributed by atoms with Crippen LogP contribution in [-0.4, -0.2) is 22.6 Å². The van der Waals surface area contributed by atoms with E-state index in [9.17, 15) is 13.6 Å². The van der Waals surface area contributed by atoms with Crippen LogP contribution in [0.5, 0.6) is 5.75 Å². The monoisotopic (exact) mass is 345 g/mol. The molecule has 0 radical (unpaired) electrons. The highest BCUT2D eigenvalue weighted by atomic mass is 19.3. The van der Waals surface area contributed by atoms with Crippen LogP contribution in [0.1, 0.15) is 11.4 Å². The second-order valence-corrected chi connectivity index (χ2v) is 5.56. The zero-order valence-corrected chi connectivity index (χ0v) is 13.8. The Kier molecular flexibility index (Phi) is 4.39. The molecule has 25 heavy (non-hydrogen) atoms. The maximum absolute atomic E-state index is 14.3. The van der Waals surface area contributed by atoms with E-state index in [0.717, 1.165) is 11.0 Å². The highest BCUT2D eigenvalue weighted by molar-refractivity contribution is 5.84. The van der Waals surface area contributed by atoms with Crippen LogP contribution in [0.25, 0.3) is 11.0 Å². The molecule has 1 N–H and O–H groups in total. The average Bonchev–Trinajstić information content (AvgIpc) is 2.96. The first kappa shape index (κ1) is 16.9. The molecule has 3 aromatic rings. The molecule has 130 valence electrons. The molecular weight excluding hydrogens is 328 g/mol. The van der Waals surface area contributed by atoms with Gasteiger partial charge in [0.05, 0.1) is 24.7 Å². The first-order valence-corrected chi connectivity index (χ1v) is 7.64. The number of nitrogens with one attached hydrogen (secondary N) is 1. The van der Waals surface area contributed by atoms with E-state index in [4.69, 9.17) is 4.74 Å². The van der Waals surface area contributed by atoms with Gasteiger partial charge in [0.1, 0.15) is 11.6 Å². The number of hydrogen-bond donors (Lipinski definition) is 1. The fourth-order valence-electron chi connectivity index (χ4n) is 2.56. The smallest absolute Gasteiger partial charge is 0.349 e. The Morgan fingerprint density at radius 3 is 2.52 bits per heavy atom. The molecule has 7 heteroatoms. The summed E-state index contributed by atoms with van der Waals surface area (Å²) in [6, 6.07) is 12.5. The number of hydrogen-bond acceptors (Lipinski definition) is 3. The SMILES string of the molecule is COc1ccc(C(F)(F)C(=O)NCc2nc3ccccc3n2C)cc1. The van der Waals surface area contributed by atoms with Crippen LogP contribution in [0, 0.1) is 0 Å². The van der Waals surface area contributed by atoms with E-state index in [1.807, 2.05) is 24.3 Å². The van der Waals surface area contributed by atoms with Gasteiger partial charge in [-0.15, -0.1) is 0 Å². The van der Waals surface area contributed by atoms with Crippen LogP contribution in [0.3, 0.4) is 0 Å². The number of rotatable bonds is 5. The van der Waals surface area contributed by atoms with E-state index in [-0.39, 0.29) is 6.54 Å². The first-order chi connectivity index (χ1) is 11.9. The summed E-state index contributed by atoms with van der Waals surface area (Å²) in [7, 11) is 3.22. The van der Waals surface area contributed by atoms with Gasteiger partial charge in [0, 0.05) is 12.6 Å². The molecule has 1 heterocycles. The molecule has 1 amide bonds. The number of aryl methyl sites for hydroxylation is 1. The van der Waals surface area contributed by atoms with Gasteiger partial charge < -0.3 is 14.6 Å². The number of benzene rings is 2. The number of fused-ring (bicyclic) bond motifs is 1. The Bertz CT molecular complexity index is 904. The Balaban J connectivity index is 1.74. The van der Waals surface area contributed by atoms with Crippen molar-refractivity contribution in [1.29, 1.82) is 0 Å². The lowest BCUT2D eigenvalue weighted by atomic mass is 10.1. The number of amides is 1. The topological polar surface area (TPSA) is 56.1 Å². The maximum atomic E-state index is 14.3. The molecular formula is C18H17F2N3O2. The van der Waals surface area contributed by atoms with Crippen molar-refractivity contribution in [2.75, 3.05) is 7.11 Å². The third kappa shape index (κ3) is 3.17. The van der Waals surface area contributed by atoms with Crippen LogP contribution in [-0.2, 0) is 24.3 Å². The second-order valence-electron chi connectivity index (χ2n) is 5.56. The number of ether oxygens (including phenoxy) is 1. The van der Waals surface area contributed by atoms with Crippen LogP contribution < -0.4 is 10.1 Å². The predicted molar refractivity (Wildman–Crippen MR) is 89.4 cm³/mol. The van der Waals surface area contributed by atoms with Crippen molar-refractivity contribution in [3.8, 4) is 5.75 Å². The molecule has 0 spiro atoms. The summed E-state index contributed by atoms with van der Waals surface area (Å²) >= 11 is 0. The molecule has 0 saturated carbocycles. The summed E-state index contributed by atoms with van der Waals surface area (Å²) in [5.74, 6) is -4.07. The first-order valence-electron chi connectivity index (χ1n) is 7.64. The van der Waals surface area contributed by atoms with E-state index >= 15 is 0 Å². The van der Waals surface area contributed by atoms with Crippen molar-refractivity contribution in [2.45, 2.75) is 12.5 Å². The standard InChI is InChI=1S/C18H17F2N3O2/c1-23-15-6-4-3-5-14(15)22-16(23)11-21-17(24)18(19,20)12-7-9-13(25-2)10-8-12/h3-10H,11H2,1-2H3,(H,21,24). The number of carbonyl (C=O) groups is 1. The van der Waals surface area contributed by atoms with Crippen molar-refractivity contribution in [3.05, 3.63) is 59.9 Å². The Morgan fingerprint density at radius 1 is 1.20 bits per heavy atom. The summed E-state index contributed by atoms with van der Waals surface area (Å²) in [6.45, 7) is -0.0875. The van der Waals surface area contributed by atoms with Crippen LogP contribution in [0.4, 0.5) is 8.78 Å². The molecule has 0 atom stereocenters. The van der Waals surface area contributed by atoms with E-state index < -0.39 is 17.4 Å². The number of alkyl halides is 2. The van der Waals surface area contributed by atoms with Crippen LogP contribution in [0.15, 0.2) is 48.5 Å². The fourth-order valence-corrected chi connectivity index (χ4v) is 2.56. The lowest BCUT2D eigenvalue weighted by Gasteiger charge is -2.16. The molecule has 0 aliphatic rings. The van der Waals surface area contributed by atoms with Gasteiger partial charge in [0.15, 0.2) is 0 Å². The van der Waals surface area contributed by atoms with Gasteiger partial charge in [-0.05, 0) is 36.4 Å². The Labute approximate surface area is 143 Å². The molecule has 2 aromatic carbocycles. The number of carbonyl (C=O) groups excluding carboxylic acids is 1. The zero-order chi connectivity index (χ0) is 18.0. The molecule has 0 aliphatic carbocycles. The lowest BCUT2D eigenvalue weighted by molar-refractivity contribution is -0.147. The number of para-hydroxylation sites is 2. The summed E-state index contributed by atoms with van der Waals surface area (Å²) in [4.78, 5) is 16.3. The Morgan fingerprint density at radius 2 is 1.88 bits per heavy atom. The van der Waals surface area contributed by atoms with Crippen molar-refractivity contribution in [3.63, 3.8) is 0 Å². The second kappa shape index (κ2) is 6.51. The molecule has 0 unspecified atom stereocenters. The molecule has 1 aromatic heterocycles. The van der Waals surface area contributed by atoms with Crippen LogP contribution >= 0.6 is 0 Å². The minimum absolute atomic E-state index is 0.0875. The van der Waals surface area contributed by atoms with Gasteiger partial charge in [0.25, 0.3) is 5.91 Å². The normalized spacial score (nSPS) is 11.5. The van der Waals surface area contributed by atoms with E-state index in [1.165, 1.54) is 31.4 Å². The predicted octanol–water partition coefficient (Wildman–Crippen LogP) is 2.99. The van der Waals surface area contributed by atoms with E-state index in [0.29, 0.717) is 11.6 Å². The third-order valence-electron chi connectivity index (χ3n) is 4.02. The van der Waals surface area contributed by atoms with E-state index in [2.05, 4.69) is 10.3 Å². The summed E-state index contributed by atoms with van der Waals surface area (Å²) in [5, 5.41) is 2.26. The van der Waals surface area contributed by atoms with Crippen LogP contribution in [0.2, 0.25) is 0 Å². The van der Waals surface area contributed by atoms with Gasteiger partial charge in [-0.1, -0.05) is 12.1 Å². The molecule has 0 saturated heterocycles. The van der Waals surface area contributed by atoms with Gasteiger partial charge in [0.2, 0.25) is 0 Å². The zero-order valence-electron chi connectivity index (χ0n) is 13.8. The van der Waals surface area contributed by atoms with Gasteiger partial charge in [-0.2, -0.15) is 8.78 Å². The number of nitrogens with zero attached hydrogens (tertiary/aromatic N) is 2. The van der Waals surface area contributed by atoms with Crippen molar-refractivity contribution >= 4 is 16.9 Å². The lowest BCUT2D eigenvalue weighted by Crippen LogP contribution is -2.38. The minimum Gasteiger partial charge on any atom is -0.497 e. The van der Waals surface area contributed by atoms with Crippen molar-refractivity contribution < 1.29 is 18.3 Å². The summed E-state index contributed by atoms with van der Waals surface area (Å²) < 4.78 is 35.3. The molecule has 3 rings (SSSR count). The summed E-state index contributed by atoms with van der Waals surface area (Å²) in [5.41, 5.74) is 1.22. The molecule has 5 nitrogen and oxygen atoms in total. The average molecular weight is 345 g/mol. The highest BCUT2D eigenvalue weighted by Crippen LogP contribution is 2.29. The largest absolute Gasteiger partial charge is 0.497 e. The molecule has 0 bridgehead atoms. The quantitative estimate of drug-likeness (QED) is 0.773. The summed E-state index contributed by atoms with van der Waals surface area (Å²) in [6.07, 6.45) is 0. The highest BCUT2D eigenvalue weighted by Gasteiger charge is 2.40.